The molecule has 0 aromatic heterocycles. The Labute approximate surface area is 125 Å². The van der Waals surface area contributed by atoms with Crippen molar-refractivity contribution in [2.24, 2.45) is 5.73 Å². The standard InChI is InChI=1S/C12H14Cl2FN3O2/c1-5(17-6(2)11(19)18-12(16)20)7-3-10(15)9(14)4-8(7)13/h3-6,17H,1-2H3,(H3,16,18,19,20)/t5-,6+/m1/s1. The van der Waals surface area contributed by atoms with E-state index in [2.05, 4.69) is 5.32 Å². The van der Waals surface area contributed by atoms with Crippen molar-refractivity contribution in [1.29, 1.82) is 0 Å². The second kappa shape index (κ2) is 6.88. The van der Waals surface area contributed by atoms with Crippen LogP contribution < -0.4 is 16.4 Å². The molecule has 8 heteroatoms. The number of primary amides is 1. The molecule has 0 spiro atoms. The maximum Gasteiger partial charge on any atom is 0.318 e. The fourth-order valence-corrected chi connectivity index (χ4v) is 2.19. The average Bonchev–Trinajstić information content (AvgIpc) is 2.32. The maximum absolute atomic E-state index is 13.4. The Hall–Kier alpha value is -1.37. The molecule has 4 N–H and O–H groups in total. The summed E-state index contributed by atoms with van der Waals surface area (Å²) in [5.41, 5.74) is 5.30. The monoisotopic (exact) mass is 321 g/mol. The van der Waals surface area contributed by atoms with Gasteiger partial charge in [0.25, 0.3) is 0 Å². The molecule has 0 unspecified atom stereocenters. The van der Waals surface area contributed by atoms with Crippen LogP contribution >= 0.6 is 23.2 Å². The summed E-state index contributed by atoms with van der Waals surface area (Å²) in [6.45, 7) is 3.23. The van der Waals surface area contributed by atoms with E-state index in [9.17, 15) is 14.0 Å². The van der Waals surface area contributed by atoms with Crippen LogP contribution in [0, 0.1) is 5.82 Å². The van der Waals surface area contributed by atoms with Gasteiger partial charge in [-0.05, 0) is 31.5 Å². The van der Waals surface area contributed by atoms with Crippen LogP contribution in [0.1, 0.15) is 25.5 Å². The first-order chi connectivity index (χ1) is 9.22. The highest BCUT2D eigenvalue weighted by molar-refractivity contribution is 6.35. The van der Waals surface area contributed by atoms with Crippen LogP contribution in [-0.2, 0) is 4.79 Å². The molecule has 0 saturated heterocycles. The van der Waals surface area contributed by atoms with Gasteiger partial charge in [-0.15, -0.1) is 0 Å². The van der Waals surface area contributed by atoms with Crippen molar-refractivity contribution in [2.45, 2.75) is 25.9 Å². The number of nitrogens with one attached hydrogen (secondary N) is 2. The Morgan fingerprint density at radius 3 is 2.40 bits per heavy atom. The van der Waals surface area contributed by atoms with Gasteiger partial charge in [-0.25, -0.2) is 9.18 Å². The van der Waals surface area contributed by atoms with E-state index in [0.29, 0.717) is 5.56 Å². The van der Waals surface area contributed by atoms with Gasteiger partial charge in [0.15, 0.2) is 0 Å². The van der Waals surface area contributed by atoms with Crippen LogP contribution in [0.3, 0.4) is 0 Å². The summed E-state index contributed by atoms with van der Waals surface area (Å²) in [6, 6.07) is 0.406. The van der Waals surface area contributed by atoms with Crippen LogP contribution in [0.2, 0.25) is 10.0 Å². The molecular weight excluding hydrogens is 308 g/mol. The summed E-state index contributed by atoms with van der Waals surface area (Å²) in [7, 11) is 0. The number of nitrogens with two attached hydrogens (primary N) is 1. The van der Waals surface area contributed by atoms with Gasteiger partial charge in [0.1, 0.15) is 5.82 Å². The van der Waals surface area contributed by atoms with Crippen molar-refractivity contribution in [3.05, 3.63) is 33.6 Å². The lowest BCUT2D eigenvalue weighted by atomic mass is 10.1. The zero-order valence-corrected chi connectivity index (χ0v) is 12.3. The molecule has 5 nitrogen and oxygen atoms in total. The number of halogens is 3. The number of carbonyl (C=O) groups excluding carboxylic acids is 2. The lowest BCUT2D eigenvalue weighted by Crippen LogP contribution is -2.47. The van der Waals surface area contributed by atoms with Crippen LogP contribution in [0.5, 0.6) is 0 Å². The highest BCUT2D eigenvalue weighted by atomic mass is 35.5. The summed E-state index contributed by atoms with van der Waals surface area (Å²) < 4.78 is 13.4. The Kier molecular flexibility index (Phi) is 5.74. The van der Waals surface area contributed by atoms with Gasteiger partial charge in [0, 0.05) is 11.1 Å². The Morgan fingerprint density at radius 2 is 1.85 bits per heavy atom. The number of urea groups is 1. The largest absolute Gasteiger partial charge is 0.351 e. The fraction of sp³-hybridized carbons (Fsp3) is 0.333. The molecule has 1 aromatic carbocycles. The maximum atomic E-state index is 13.4. The van der Waals surface area contributed by atoms with Crippen molar-refractivity contribution in [1.82, 2.24) is 10.6 Å². The third kappa shape index (κ3) is 4.33. The van der Waals surface area contributed by atoms with E-state index in [1.165, 1.54) is 19.1 Å². The van der Waals surface area contributed by atoms with E-state index >= 15 is 0 Å². The van der Waals surface area contributed by atoms with Crippen molar-refractivity contribution in [3.8, 4) is 0 Å². The van der Waals surface area contributed by atoms with Crippen LogP contribution in [-0.4, -0.2) is 18.0 Å². The van der Waals surface area contributed by atoms with Gasteiger partial charge in [0.05, 0.1) is 11.1 Å². The molecule has 0 saturated carbocycles. The van der Waals surface area contributed by atoms with Crippen molar-refractivity contribution in [3.63, 3.8) is 0 Å². The summed E-state index contributed by atoms with van der Waals surface area (Å²) in [6.07, 6.45) is 0. The Balaban J connectivity index is 2.81. The zero-order valence-electron chi connectivity index (χ0n) is 10.8. The lowest BCUT2D eigenvalue weighted by Gasteiger charge is -2.20. The number of carbonyl (C=O) groups is 2. The first-order valence-electron chi connectivity index (χ1n) is 5.73. The topological polar surface area (TPSA) is 84.2 Å². The minimum Gasteiger partial charge on any atom is -0.351 e. The number of rotatable bonds is 4. The molecule has 0 aliphatic rings. The van der Waals surface area contributed by atoms with Gasteiger partial charge < -0.3 is 5.73 Å². The summed E-state index contributed by atoms with van der Waals surface area (Å²) in [4.78, 5) is 22.1. The van der Waals surface area contributed by atoms with Gasteiger partial charge in [-0.1, -0.05) is 23.2 Å². The SMILES string of the molecule is C[C@H](N[C@H](C)c1cc(F)c(Cl)cc1Cl)C(=O)NC(N)=O. The molecule has 110 valence electrons. The molecule has 0 aliphatic heterocycles. The molecule has 0 fully saturated rings. The molecule has 0 heterocycles. The van der Waals surface area contributed by atoms with E-state index < -0.39 is 29.8 Å². The molecule has 0 aliphatic carbocycles. The fourth-order valence-electron chi connectivity index (χ4n) is 1.64. The van der Waals surface area contributed by atoms with Crippen LogP contribution in [0.15, 0.2) is 12.1 Å². The second-order valence-corrected chi connectivity index (χ2v) is 5.07. The van der Waals surface area contributed by atoms with Gasteiger partial charge in [-0.2, -0.15) is 0 Å². The number of amides is 3. The molecule has 20 heavy (non-hydrogen) atoms. The predicted molar refractivity (Wildman–Crippen MR) is 75.2 cm³/mol. The predicted octanol–water partition coefficient (Wildman–Crippen LogP) is 2.37. The van der Waals surface area contributed by atoms with E-state index in [1.807, 2.05) is 5.32 Å². The number of hydrogen-bond donors (Lipinski definition) is 3. The summed E-state index contributed by atoms with van der Waals surface area (Å²) >= 11 is 11.6. The number of hydrogen-bond acceptors (Lipinski definition) is 3. The summed E-state index contributed by atoms with van der Waals surface area (Å²) in [5.74, 6) is -1.19. The van der Waals surface area contributed by atoms with Crippen molar-refractivity contribution in [2.75, 3.05) is 0 Å². The van der Waals surface area contributed by atoms with E-state index in [0.717, 1.165) is 0 Å². The van der Waals surface area contributed by atoms with E-state index in [1.54, 1.807) is 6.92 Å². The number of benzene rings is 1. The normalized spacial score (nSPS) is 13.7. The molecular formula is C12H14Cl2FN3O2. The number of imide groups is 1. The van der Waals surface area contributed by atoms with Crippen molar-refractivity contribution < 1.29 is 14.0 Å². The van der Waals surface area contributed by atoms with Crippen LogP contribution in [0.25, 0.3) is 0 Å². The van der Waals surface area contributed by atoms with E-state index in [-0.39, 0.29) is 10.0 Å². The first-order valence-corrected chi connectivity index (χ1v) is 6.48. The van der Waals surface area contributed by atoms with Gasteiger partial charge >= 0.3 is 6.03 Å². The highest BCUT2D eigenvalue weighted by Crippen LogP contribution is 2.28. The third-order valence-electron chi connectivity index (χ3n) is 2.65. The zero-order chi connectivity index (χ0) is 15.4. The van der Waals surface area contributed by atoms with Crippen molar-refractivity contribution >= 4 is 35.1 Å². The minimum absolute atomic E-state index is 0.0783. The quantitative estimate of drug-likeness (QED) is 0.744. The van der Waals surface area contributed by atoms with E-state index in [4.69, 9.17) is 28.9 Å². The second-order valence-electron chi connectivity index (χ2n) is 4.25. The molecule has 1 rings (SSSR count). The molecule has 0 radical (unpaired) electrons. The lowest BCUT2D eigenvalue weighted by molar-refractivity contribution is -0.121. The van der Waals surface area contributed by atoms with Gasteiger partial charge in [0.2, 0.25) is 5.91 Å². The molecule has 3 amide bonds. The minimum atomic E-state index is -0.938. The smallest absolute Gasteiger partial charge is 0.318 e. The highest BCUT2D eigenvalue weighted by Gasteiger charge is 2.19. The average molecular weight is 322 g/mol. The first kappa shape index (κ1) is 16.7. The third-order valence-corrected chi connectivity index (χ3v) is 3.26. The molecule has 2 atom stereocenters. The van der Waals surface area contributed by atoms with Gasteiger partial charge in [-0.3, -0.25) is 15.4 Å². The molecule has 0 bridgehead atoms. The van der Waals surface area contributed by atoms with Crippen LogP contribution in [0.4, 0.5) is 9.18 Å². The molecule has 1 aromatic rings. The Bertz CT molecular complexity index is 540. The Morgan fingerprint density at radius 1 is 1.25 bits per heavy atom. The summed E-state index contributed by atoms with van der Waals surface area (Å²) in [5, 5.41) is 5.02.